The van der Waals surface area contributed by atoms with Gasteiger partial charge in [-0.2, -0.15) is 8.78 Å². The Morgan fingerprint density at radius 3 is 2.60 bits per heavy atom. The molecule has 0 aliphatic rings. The number of hydrogen-bond donors (Lipinski definition) is 1. The SMILES string of the molecule is O=C(O)c1ccc(Br)c(Cl)c1OC(F)F. The summed E-state index contributed by atoms with van der Waals surface area (Å²) in [5.74, 6) is -1.94. The average Bonchev–Trinajstić information content (AvgIpc) is 2.12. The molecule has 0 saturated carbocycles. The van der Waals surface area contributed by atoms with Gasteiger partial charge in [-0.25, -0.2) is 4.79 Å². The fourth-order valence-electron chi connectivity index (χ4n) is 0.905. The zero-order chi connectivity index (χ0) is 11.6. The van der Waals surface area contributed by atoms with Gasteiger partial charge in [0, 0.05) is 4.47 Å². The van der Waals surface area contributed by atoms with Crippen molar-refractivity contribution >= 4 is 33.5 Å². The minimum absolute atomic E-state index is 0.199. The number of ether oxygens (including phenoxy) is 1. The van der Waals surface area contributed by atoms with Gasteiger partial charge in [0.1, 0.15) is 5.56 Å². The van der Waals surface area contributed by atoms with Crippen LogP contribution in [0.25, 0.3) is 0 Å². The molecule has 0 spiro atoms. The summed E-state index contributed by atoms with van der Waals surface area (Å²) in [6, 6.07) is 2.46. The molecular formula is C8H4BrClF2O3. The predicted octanol–water partition coefficient (Wildman–Crippen LogP) is 3.40. The van der Waals surface area contributed by atoms with E-state index in [9.17, 15) is 13.6 Å². The van der Waals surface area contributed by atoms with Crippen LogP contribution < -0.4 is 4.74 Å². The molecule has 0 bridgehead atoms. The summed E-state index contributed by atoms with van der Waals surface area (Å²) in [7, 11) is 0. The quantitative estimate of drug-likeness (QED) is 0.930. The summed E-state index contributed by atoms with van der Waals surface area (Å²) in [6.07, 6.45) is 0. The first-order valence-electron chi connectivity index (χ1n) is 3.59. The topological polar surface area (TPSA) is 46.5 Å². The molecule has 0 heterocycles. The van der Waals surface area contributed by atoms with Crippen LogP contribution in [0.2, 0.25) is 5.02 Å². The summed E-state index contributed by atoms with van der Waals surface area (Å²) in [6.45, 7) is -3.13. The average molecular weight is 301 g/mol. The molecule has 1 aromatic carbocycles. The van der Waals surface area contributed by atoms with E-state index in [0.29, 0.717) is 0 Å². The molecule has 1 rings (SSSR count). The van der Waals surface area contributed by atoms with Gasteiger partial charge in [0.15, 0.2) is 5.75 Å². The van der Waals surface area contributed by atoms with Gasteiger partial charge in [0.05, 0.1) is 5.02 Å². The van der Waals surface area contributed by atoms with Crippen molar-refractivity contribution in [2.45, 2.75) is 6.61 Å². The second-order valence-corrected chi connectivity index (χ2v) is 3.65. The van der Waals surface area contributed by atoms with Crippen LogP contribution in [0.15, 0.2) is 16.6 Å². The number of rotatable bonds is 3. The van der Waals surface area contributed by atoms with E-state index in [1.54, 1.807) is 0 Å². The largest absolute Gasteiger partial charge is 0.478 e. The molecule has 1 aromatic rings. The van der Waals surface area contributed by atoms with E-state index >= 15 is 0 Å². The molecule has 0 amide bonds. The van der Waals surface area contributed by atoms with Crippen molar-refractivity contribution < 1.29 is 23.4 Å². The van der Waals surface area contributed by atoms with Gasteiger partial charge in [0.2, 0.25) is 0 Å². The Labute approximate surface area is 96.7 Å². The number of benzene rings is 1. The van der Waals surface area contributed by atoms with Crippen LogP contribution in [0.5, 0.6) is 5.75 Å². The maximum absolute atomic E-state index is 12.0. The van der Waals surface area contributed by atoms with E-state index in [1.165, 1.54) is 6.07 Å². The highest BCUT2D eigenvalue weighted by Crippen LogP contribution is 2.36. The molecule has 0 radical (unpaired) electrons. The standard InChI is InChI=1S/C8H4BrClF2O3/c9-4-2-1-3(7(13)14)6(5(4)10)15-8(11)12/h1-2,8H,(H,13,14). The zero-order valence-electron chi connectivity index (χ0n) is 7.01. The smallest absolute Gasteiger partial charge is 0.387 e. The van der Waals surface area contributed by atoms with Crippen molar-refractivity contribution in [2.75, 3.05) is 0 Å². The third-order valence-corrected chi connectivity index (χ3v) is 2.75. The second-order valence-electron chi connectivity index (χ2n) is 2.42. The molecular weight excluding hydrogens is 297 g/mol. The van der Waals surface area contributed by atoms with Crippen molar-refractivity contribution in [1.82, 2.24) is 0 Å². The molecule has 7 heteroatoms. The Bertz CT molecular complexity index is 398. The Hall–Kier alpha value is -0.880. The van der Waals surface area contributed by atoms with Crippen molar-refractivity contribution in [1.29, 1.82) is 0 Å². The van der Waals surface area contributed by atoms with Crippen molar-refractivity contribution in [2.24, 2.45) is 0 Å². The van der Waals surface area contributed by atoms with E-state index in [4.69, 9.17) is 16.7 Å². The van der Waals surface area contributed by atoms with Gasteiger partial charge in [-0.15, -0.1) is 0 Å². The second kappa shape index (κ2) is 4.76. The monoisotopic (exact) mass is 300 g/mol. The lowest BCUT2D eigenvalue weighted by Gasteiger charge is -2.10. The first-order valence-corrected chi connectivity index (χ1v) is 4.76. The zero-order valence-corrected chi connectivity index (χ0v) is 9.35. The molecule has 82 valence electrons. The van der Waals surface area contributed by atoms with Crippen LogP contribution in [0.3, 0.4) is 0 Å². The molecule has 0 saturated heterocycles. The minimum Gasteiger partial charge on any atom is -0.478 e. The number of halogens is 4. The highest BCUT2D eigenvalue weighted by Gasteiger charge is 2.20. The number of carboxylic acid groups (broad SMARTS) is 1. The number of aromatic carboxylic acids is 1. The van der Waals surface area contributed by atoms with Gasteiger partial charge < -0.3 is 9.84 Å². The van der Waals surface area contributed by atoms with Crippen LogP contribution in [0, 0.1) is 0 Å². The van der Waals surface area contributed by atoms with Crippen LogP contribution in [-0.4, -0.2) is 17.7 Å². The van der Waals surface area contributed by atoms with Crippen LogP contribution in [-0.2, 0) is 0 Å². The summed E-state index contributed by atoms with van der Waals surface area (Å²) in [5, 5.41) is 8.50. The summed E-state index contributed by atoms with van der Waals surface area (Å²) in [5.41, 5.74) is -0.413. The lowest BCUT2D eigenvalue weighted by molar-refractivity contribution is -0.0503. The number of hydrogen-bond acceptors (Lipinski definition) is 2. The lowest BCUT2D eigenvalue weighted by Crippen LogP contribution is -2.08. The molecule has 1 N–H and O–H groups in total. The normalized spacial score (nSPS) is 10.5. The Balaban J connectivity index is 3.28. The van der Waals surface area contributed by atoms with Gasteiger partial charge >= 0.3 is 12.6 Å². The Morgan fingerprint density at radius 1 is 1.53 bits per heavy atom. The van der Waals surface area contributed by atoms with E-state index in [0.717, 1.165) is 6.07 Å². The van der Waals surface area contributed by atoms with E-state index in [-0.39, 0.29) is 9.50 Å². The molecule has 3 nitrogen and oxygen atoms in total. The Morgan fingerprint density at radius 2 is 2.13 bits per heavy atom. The summed E-state index contributed by atoms with van der Waals surface area (Å²) >= 11 is 8.59. The predicted molar refractivity (Wildman–Crippen MR) is 52.7 cm³/mol. The molecule has 0 atom stereocenters. The molecule has 0 unspecified atom stereocenters. The molecule has 0 aliphatic carbocycles. The maximum atomic E-state index is 12.0. The summed E-state index contributed by atoms with van der Waals surface area (Å²) in [4.78, 5) is 10.7. The third kappa shape index (κ3) is 2.79. The van der Waals surface area contributed by atoms with E-state index in [1.807, 2.05) is 0 Å². The minimum atomic E-state index is -3.13. The van der Waals surface area contributed by atoms with Crippen molar-refractivity contribution in [3.63, 3.8) is 0 Å². The number of carboxylic acids is 1. The first-order chi connectivity index (χ1) is 6.93. The maximum Gasteiger partial charge on any atom is 0.387 e. The first kappa shape index (κ1) is 12.2. The van der Waals surface area contributed by atoms with Crippen LogP contribution >= 0.6 is 27.5 Å². The van der Waals surface area contributed by atoms with Crippen LogP contribution in [0.1, 0.15) is 10.4 Å². The molecule has 0 aromatic heterocycles. The molecule has 0 aliphatic heterocycles. The number of carbonyl (C=O) groups is 1. The van der Waals surface area contributed by atoms with Crippen LogP contribution in [0.4, 0.5) is 8.78 Å². The molecule has 0 fully saturated rings. The van der Waals surface area contributed by atoms with Gasteiger partial charge in [-0.1, -0.05) is 11.6 Å². The van der Waals surface area contributed by atoms with Crippen molar-refractivity contribution in [3.8, 4) is 5.75 Å². The van der Waals surface area contributed by atoms with E-state index in [2.05, 4.69) is 20.7 Å². The third-order valence-electron chi connectivity index (χ3n) is 1.49. The Kier molecular flexibility index (Phi) is 3.87. The van der Waals surface area contributed by atoms with Gasteiger partial charge in [-0.05, 0) is 28.1 Å². The molecule has 15 heavy (non-hydrogen) atoms. The number of alkyl halides is 2. The fourth-order valence-corrected chi connectivity index (χ4v) is 1.43. The van der Waals surface area contributed by atoms with E-state index < -0.39 is 23.9 Å². The summed E-state index contributed by atoms with van der Waals surface area (Å²) < 4.78 is 28.3. The van der Waals surface area contributed by atoms with Gasteiger partial charge in [0.25, 0.3) is 0 Å². The highest BCUT2D eigenvalue weighted by molar-refractivity contribution is 9.10. The lowest BCUT2D eigenvalue weighted by atomic mass is 10.2. The highest BCUT2D eigenvalue weighted by atomic mass is 79.9. The fraction of sp³-hybridized carbons (Fsp3) is 0.125. The van der Waals surface area contributed by atoms with Gasteiger partial charge in [-0.3, -0.25) is 0 Å². The van der Waals surface area contributed by atoms with Crippen molar-refractivity contribution in [3.05, 3.63) is 27.2 Å².